The third-order valence-corrected chi connectivity index (χ3v) is 3.60. The van der Waals surface area contributed by atoms with Crippen molar-refractivity contribution in [2.45, 2.75) is 26.6 Å². The molecule has 0 saturated carbocycles. The maximum Gasteiger partial charge on any atom is 0.285 e. The molecule has 0 saturated heterocycles. The predicted molar refractivity (Wildman–Crippen MR) is 74.0 cm³/mol. The number of rotatable bonds is 1. The molecule has 100 valence electrons. The number of aromatic amines is 1. The number of hydrogen-bond acceptors (Lipinski definition) is 4. The zero-order valence-corrected chi connectivity index (χ0v) is 12.5. The Balaban J connectivity index is 2.24. The molecule has 0 amide bonds. The maximum absolute atomic E-state index is 5.79. The number of fused-ring (bicyclic) bond motifs is 1. The number of hydrogen-bond donors (Lipinski definition) is 1. The van der Waals surface area contributed by atoms with Crippen LogP contribution in [0.2, 0.25) is 0 Å². The van der Waals surface area contributed by atoms with Crippen LogP contribution in [0.15, 0.2) is 29.5 Å². The Kier molecular flexibility index (Phi) is 2.60. The number of aromatic nitrogens is 3. The van der Waals surface area contributed by atoms with Crippen molar-refractivity contribution < 1.29 is 9.47 Å². The van der Waals surface area contributed by atoms with Gasteiger partial charge < -0.3 is 14.5 Å². The first-order chi connectivity index (χ1) is 8.94. The van der Waals surface area contributed by atoms with Crippen LogP contribution in [0, 0.1) is 5.41 Å². The third kappa shape index (κ3) is 1.74. The van der Waals surface area contributed by atoms with Crippen molar-refractivity contribution in [1.29, 1.82) is 0 Å². The molecule has 0 bridgehead atoms. The van der Waals surface area contributed by atoms with Gasteiger partial charge in [-0.2, -0.15) is 0 Å². The zero-order valence-electron chi connectivity index (χ0n) is 10.9. The molecule has 3 rings (SSSR count). The summed E-state index contributed by atoms with van der Waals surface area (Å²) < 4.78 is 12.3. The Hall–Kier alpha value is -1.56. The smallest absolute Gasteiger partial charge is 0.285 e. The lowest BCUT2D eigenvalue weighted by Crippen LogP contribution is -2.41. The summed E-state index contributed by atoms with van der Waals surface area (Å²) in [5.41, 5.74) is 2.03. The summed E-state index contributed by atoms with van der Waals surface area (Å²) in [5.74, 6) is -0.888. The van der Waals surface area contributed by atoms with Crippen LogP contribution < -0.4 is 0 Å². The second kappa shape index (κ2) is 3.96. The van der Waals surface area contributed by atoms with Crippen molar-refractivity contribution in [3.63, 3.8) is 0 Å². The van der Waals surface area contributed by atoms with Gasteiger partial charge in [-0.3, -0.25) is 0 Å². The quantitative estimate of drug-likeness (QED) is 0.873. The molecule has 0 unspecified atom stereocenters. The molecule has 0 fully saturated rings. The first-order valence-corrected chi connectivity index (χ1v) is 6.74. The van der Waals surface area contributed by atoms with Gasteiger partial charge in [-0.15, -0.1) is 0 Å². The summed E-state index contributed by atoms with van der Waals surface area (Å²) in [5, 5.41) is 0. The molecular weight excluding hydrogens is 310 g/mol. The predicted octanol–water partition coefficient (Wildman–Crippen LogP) is 3.44. The van der Waals surface area contributed by atoms with Gasteiger partial charge in [-0.05, 0) is 15.9 Å². The monoisotopic (exact) mass is 323 g/mol. The molecule has 0 atom stereocenters. The Morgan fingerprint density at radius 1 is 1.26 bits per heavy atom. The van der Waals surface area contributed by atoms with Crippen molar-refractivity contribution in [2.75, 3.05) is 0 Å². The Morgan fingerprint density at radius 2 is 1.95 bits per heavy atom. The Morgan fingerprint density at radius 3 is 2.58 bits per heavy atom. The van der Waals surface area contributed by atoms with E-state index in [1.807, 2.05) is 6.20 Å². The average molecular weight is 324 g/mol. The zero-order chi connectivity index (χ0) is 13.7. The SMILES string of the molecule is CC(C)(C)C1(c2c[nH]c3ncc(Br)nc23)OC=CO1. The second-order valence-corrected chi connectivity index (χ2v) is 6.28. The number of halogens is 1. The molecule has 2 aromatic heterocycles. The van der Waals surface area contributed by atoms with E-state index in [0.717, 1.165) is 11.1 Å². The van der Waals surface area contributed by atoms with Gasteiger partial charge in [0.15, 0.2) is 5.65 Å². The van der Waals surface area contributed by atoms with Crippen LogP contribution >= 0.6 is 15.9 Å². The van der Waals surface area contributed by atoms with Crippen LogP contribution in [0.1, 0.15) is 26.3 Å². The maximum atomic E-state index is 5.79. The third-order valence-electron chi connectivity index (χ3n) is 3.22. The highest BCUT2D eigenvalue weighted by Gasteiger charge is 2.51. The first-order valence-electron chi connectivity index (χ1n) is 5.95. The van der Waals surface area contributed by atoms with E-state index in [2.05, 4.69) is 51.7 Å². The molecule has 1 N–H and O–H groups in total. The van der Waals surface area contributed by atoms with Crippen LogP contribution in [-0.2, 0) is 15.3 Å². The summed E-state index contributed by atoms with van der Waals surface area (Å²) in [7, 11) is 0. The number of H-pyrrole nitrogens is 1. The van der Waals surface area contributed by atoms with Crippen molar-refractivity contribution in [2.24, 2.45) is 5.41 Å². The van der Waals surface area contributed by atoms with Gasteiger partial charge in [-0.25, -0.2) is 9.97 Å². The highest BCUT2D eigenvalue weighted by atomic mass is 79.9. The molecule has 2 aromatic rings. The van der Waals surface area contributed by atoms with E-state index in [4.69, 9.17) is 9.47 Å². The van der Waals surface area contributed by atoms with Gasteiger partial charge in [0.1, 0.15) is 22.6 Å². The van der Waals surface area contributed by atoms with E-state index in [1.165, 1.54) is 0 Å². The van der Waals surface area contributed by atoms with Gasteiger partial charge in [0.2, 0.25) is 0 Å². The van der Waals surface area contributed by atoms with Crippen LogP contribution in [0.25, 0.3) is 11.2 Å². The van der Waals surface area contributed by atoms with E-state index in [9.17, 15) is 0 Å². The van der Waals surface area contributed by atoms with E-state index >= 15 is 0 Å². The molecule has 0 spiro atoms. The largest absolute Gasteiger partial charge is 0.452 e. The topological polar surface area (TPSA) is 60.0 Å². The van der Waals surface area contributed by atoms with Crippen LogP contribution in [-0.4, -0.2) is 15.0 Å². The minimum atomic E-state index is -0.888. The second-order valence-electron chi connectivity index (χ2n) is 5.47. The molecule has 1 aliphatic heterocycles. The number of nitrogens with one attached hydrogen (secondary N) is 1. The average Bonchev–Trinajstić information content (AvgIpc) is 2.92. The molecule has 0 aliphatic carbocycles. The summed E-state index contributed by atoms with van der Waals surface area (Å²) in [6.07, 6.45) is 6.63. The molecule has 19 heavy (non-hydrogen) atoms. The highest BCUT2D eigenvalue weighted by molar-refractivity contribution is 9.10. The molecule has 0 radical (unpaired) electrons. The van der Waals surface area contributed by atoms with Gasteiger partial charge in [0.05, 0.1) is 11.8 Å². The Bertz CT molecular complexity index is 649. The van der Waals surface area contributed by atoms with Crippen molar-refractivity contribution >= 4 is 27.1 Å². The lowest BCUT2D eigenvalue weighted by Gasteiger charge is -2.38. The fourth-order valence-electron chi connectivity index (χ4n) is 2.28. The van der Waals surface area contributed by atoms with Crippen molar-refractivity contribution in [3.8, 4) is 0 Å². The Labute approximate surface area is 119 Å². The van der Waals surface area contributed by atoms with Crippen LogP contribution in [0.4, 0.5) is 0 Å². The van der Waals surface area contributed by atoms with E-state index < -0.39 is 5.79 Å². The molecule has 5 nitrogen and oxygen atoms in total. The van der Waals surface area contributed by atoms with Gasteiger partial charge in [-0.1, -0.05) is 20.8 Å². The fraction of sp³-hybridized carbons (Fsp3) is 0.385. The summed E-state index contributed by atoms with van der Waals surface area (Å²) in [6.45, 7) is 6.18. The minimum Gasteiger partial charge on any atom is -0.452 e. The first kappa shape index (κ1) is 12.5. The summed E-state index contributed by atoms with van der Waals surface area (Å²) in [6, 6.07) is 0. The molecule has 3 heterocycles. The highest BCUT2D eigenvalue weighted by Crippen LogP contribution is 2.48. The molecule has 6 heteroatoms. The van der Waals surface area contributed by atoms with Crippen LogP contribution in [0.5, 0.6) is 0 Å². The number of ether oxygens (including phenoxy) is 2. The van der Waals surface area contributed by atoms with Crippen molar-refractivity contribution in [1.82, 2.24) is 15.0 Å². The molecular formula is C13H14BrN3O2. The van der Waals surface area contributed by atoms with Gasteiger partial charge >= 0.3 is 0 Å². The molecule has 1 aliphatic rings. The minimum absolute atomic E-state index is 0.268. The van der Waals surface area contributed by atoms with Crippen molar-refractivity contribution in [3.05, 3.63) is 35.1 Å². The normalized spacial score (nSPS) is 17.5. The van der Waals surface area contributed by atoms with Gasteiger partial charge in [0, 0.05) is 11.6 Å². The molecule has 0 aromatic carbocycles. The fourth-order valence-corrected chi connectivity index (χ4v) is 2.56. The number of nitrogens with zero attached hydrogens (tertiary/aromatic N) is 2. The van der Waals surface area contributed by atoms with E-state index in [0.29, 0.717) is 10.3 Å². The van der Waals surface area contributed by atoms with E-state index in [-0.39, 0.29) is 5.41 Å². The van der Waals surface area contributed by atoms with E-state index in [1.54, 1.807) is 18.7 Å². The van der Waals surface area contributed by atoms with Gasteiger partial charge in [0.25, 0.3) is 5.79 Å². The van der Waals surface area contributed by atoms with Crippen LogP contribution in [0.3, 0.4) is 0 Å². The lowest BCUT2D eigenvalue weighted by atomic mass is 9.81. The summed E-state index contributed by atoms with van der Waals surface area (Å²) >= 11 is 3.34. The summed E-state index contributed by atoms with van der Waals surface area (Å²) in [4.78, 5) is 11.9. The lowest BCUT2D eigenvalue weighted by molar-refractivity contribution is -0.218. The standard InChI is InChI=1S/C13H14BrN3O2/c1-12(2,3)13(18-4-5-19-13)8-6-15-11-10(8)17-9(14)7-16-11/h4-7H,1-3H3,(H,15,16).